The molecule has 1 fully saturated rings. The summed E-state index contributed by atoms with van der Waals surface area (Å²) in [6.45, 7) is 1.67. The molecular weight excluding hydrogens is 320 g/mol. The first-order chi connectivity index (χ1) is 11.6. The molecule has 0 radical (unpaired) electrons. The van der Waals surface area contributed by atoms with Crippen LogP contribution in [-0.2, 0) is 16.8 Å². The van der Waals surface area contributed by atoms with Crippen molar-refractivity contribution < 1.29 is 8.42 Å². The molecule has 0 amide bonds. The Labute approximate surface area is 144 Å². The summed E-state index contributed by atoms with van der Waals surface area (Å²) in [5, 5.41) is 0. The minimum Gasteiger partial charge on any atom is -0.195 e. The second kappa shape index (κ2) is 7.47. The summed E-state index contributed by atoms with van der Waals surface area (Å²) in [4.78, 5) is 0. The van der Waals surface area contributed by atoms with Crippen LogP contribution in [0.5, 0.6) is 0 Å². The molecule has 0 aromatic heterocycles. The molecule has 0 bridgehead atoms. The second-order valence-corrected chi connectivity index (χ2v) is 8.32. The molecule has 0 spiro atoms. The Kier molecular flexibility index (Phi) is 5.33. The first kappa shape index (κ1) is 17.1. The minimum atomic E-state index is -3.36. The van der Waals surface area contributed by atoms with Crippen molar-refractivity contribution in [1.82, 2.24) is 8.61 Å². The minimum absolute atomic E-state index is 0.397. The molecule has 0 saturated carbocycles. The van der Waals surface area contributed by atoms with Crippen LogP contribution < -0.4 is 0 Å². The predicted octanol–water partition coefficient (Wildman–Crippen LogP) is 3.52. The largest absolute Gasteiger partial charge is 0.282 e. The summed E-state index contributed by atoms with van der Waals surface area (Å²) in [5.41, 5.74) is 3.30. The van der Waals surface area contributed by atoms with Gasteiger partial charge in [-0.3, -0.25) is 0 Å². The van der Waals surface area contributed by atoms with Gasteiger partial charge in [0.2, 0.25) is 0 Å². The van der Waals surface area contributed by atoms with Gasteiger partial charge in [0.1, 0.15) is 0 Å². The van der Waals surface area contributed by atoms with E-state index in [1.54, 1.807) is 11.4 Å². The van der Waals surface area contributed by atoms with Crippen LogP contribution in [0.15, 0.2) is 54.6 Å². The molecule has 1 heterocycles. The second-order valence-electron chi connectivity index (χ2n) is 6.29. The first-order valence-electron chi connectivity index (χ1n) is 8.43. The molecule has 0 aliphatic carbocycles. The van der Waals surface area contributed by atoms with Gasteiger partial charge >= 0.3 is 0 Å². The molecule has 5 heteroatoms. The lowest BCUT2D eigenvalue weighted by Crippen LogP contribution is -2.43. The van der Waals surface area contributed by atoms with Crippen LogP contribution in [-0.4, -0.2) is 37.2 Å². The normalized spacial score (nSPS) is 16.4. The number of benzene rings is 2. The van der Waals surface area contributed by atoms with Crippen molar-refractivity contribution in [2.24, 2.45) is 0 Å². The standard InChI is InChI=1S/C19H24N2O2S/c1-20(24(22,23)21-14-6-3-7-15-21)16-17-10-12-19(13-11-17)18-8-4-2-5-9-18/h2,4-5,8-13H,3,6-7,14-16H2,1H3. The lowest BCUT2D eigenvalue weighted by atomic mass is 10.0. The third-order valence-electron chi connectivity index (χ3n) is 4.50. The zero-order valence-electron chi connectivity index (χ0n) is 14.1. The monoisotopic (exact) mass is 344 g/mol. The Balaban J connectivity index is 1.69. The van der Waals surface area contributed by atoms with Crippen molar-refractivity contribution in [3.05, 3.63) is 60.2 Å². The van der Waals surface area contributed by atoms with Crippen LogP contribution in [0.25, 0.3) is 11.1 Å². The van der Waals surface area contributed by atoms with E-state index in [0.717, 1.165) is 30.4 Å². The van der Waals surface area contributed by atoms with Gasteiger partial charge < -0.3 is 0 Å². The van der Waals surface area contributed by atoms with Gasteiger partial charge in [-0.2, -0.15) is 17.0 Å². The van der Waals surface area contributed by atoms with Gasteiger partial charge in [0.05, 0.1) is 0 Å². The molecule has 2 aromatic rings. The van der Waals surface area contributed by atoms with Gasteiger partial charge in [-0.25, -0.2) is 0 Å². The number of rotatable bonds is 5. The fourth-order valence-electron chi connectivity index (χ4n) is 3.06. The van der Waals surface area contributed by atoms with Gasteiger partial charge in [0.25, 0.3) is 10.2 Å². The first-order valence-corrected chi connectivity index (χ1v) is 9.83. The van der Waals surface area contributed by atoms with Crippen LogP contribution in [0.4, 0.5) is 0 Å². The molecular formula is C19H24N2O2S. The summed E-state index contributed by atoms with van der Waals surface area (Å²) >= 11 is 0. The van der Waals surface area contributed by atoms with Crippen molar-refractivity contribution in [1.29, 1.82) is 0 Å². The fraction of sp³-hybridized carbons (Fsp3) is 0.368. The molecule has 1 aliphatic heterocycles. The smallest absolute Gasteiger partial charge is 0.195 e. The van der Waals surface area contributed by atoms with Gasteiger partial charge in [-0.15, -0.1) is 0 Å². The summed E-state index contributed by atoms with van der Waals surface area (Å²) < 4.78 is 28.3. The maximum Gasteiger partial charge on any atom is 0.282 e. The summed E-state index contributed by atoms with van der Waals surface area (Å²) in [6, 6.07) is 18.3. The van der Waals surface area contributed by atoms with E-state index in [4.69, 9.17) is 0 Å². The average Bonchev–Trinajstić information content (AvgIpc) is 2.64. The van der Waals surface area contributed by atoms with Gasteiger partial charge in [-0.1, -0.05) is 61.0 Å². The Bertz CT molecular complexity index is 752. The Morgan fingerprint density at radius 1 is 0.875 bits per heavy atom. The van der Waals surface area contributed by atoms with Gasteiger partial charge in [-0.05, 0) is 29.5 Å². The van der Waals surface area contributed by atoms with E-state index in [-0.39, 0.29) is 0 Å². The van der Waals surface area contributed by atoms with E-state index < -0.39 is 10.2 Å². The highest BCUT2D eigenvalue weighted by Gasteiger charge is 2.27. The fourth-order valence-corrected chi connectivity index (χ4v) is 4.49. The van der Waals surface area contributed by atoms with Gasteiger partial charge in [0, 0.05) is 26.7 Å². The third-order valence-corrected chi connectivity index (χ3v) is 6.44. The number of hydrogen-bond donors (Lipinski definition) is 0. The van der Waals surface area contributed by atoms with Crippen LogP contribution in [0, 0.1) is 0 Å². The molecule has 0 atom stereocenters. The number of piperidine rings is 1. The van der Waals surface area contributed by atoms with Crippen molar-refractivity contribution in [2.45, 2.75) is 25.8 Å². The van der Waals surface area contributed by atoms with E-state index in [1.165, 1.54) is 9.87 Å². The maximum absolute atomic E-state index is 12.6. The van der Waals surface area contributed by atoms with E-state index >= 15 is 0 Å². The van der Waals surface area contributed by atoms with Crippen LogP contribution in [0.2, 0.25) is 0 Å². The zero-order valence-corrected chi connectivity index (χ0v) is 14.9. The van der Waals surface area contributed by atoms with E-state index in [2.05, 4.69) is 12.1 Å². The molecule has 1 saturated heterocycles. The molecule has 128 valence electrons. The highest BCUT2D eigenvalue weighted by atomic mass is 32.2. The predicted molar refractivity (Wildman–Crippen MR) is 97.7 cm³/mol. The lowest BCUT2D eigenvalue weighted by Gasteiger charge is -2.30. The van der Waals surface area contributed by atoms with Crippen molar-refractivity contribution in [3.8, 4) is 11.1 Å². The average molecular weight is 344 g/mol. The number of nitrogens with zero attached hydrogens (tertiary/aromatic N) is 2. The lowest BCUT2D eigenvalue weighted by molar-refractivity contribution is 0.314. The molecule has 3 rings (SSSR count). The summed E-state index contributed by atoms with van der Waals surface area (Å²) in [5.74, 6) is 0. The highest BCUT2D eigenvalue weighted by Crippen LogP contribution is 2.21. The van der Waals surface area contributed by atoms with Crippen molar-refractivity contribution in [2.75, 3.05) is 20.1 Å². The molecule has 24 heavy (non-hydrogen) atoms. The van der Waals surface area contributed by atoms with Gasteiger partial charge in [0.15, 0.2) is 0 Å². The molecule has 1 aliphatic rings. The zero-order chi connectivity index (χ0) is 17.0. The summed E-state index contributed by atoms with van der Waals surface area (Å²) in [6.07, 6.45) is 3.04. The Morgan fingerprint density at radius 2 is 1.46 bits per heavy atom. The number of hydrogen-bond acceptors (Lipinski definition) is 2. The Hall–Kier alpha value is -1.69. The van der Waals surface area contributed by atoms with Crippen LogP contribution in [0.1, 0.15) is 24.8 Å². The van der Waals surface area contributed by atoms with E-state index in [9.17, 15) is 8.42 Å². The van der Waals surface area contributed by atoms with E-state index in [1.807, 2.05) is 42.5 Å². The topological polar surface area (TPSA) is 40.6 Å². The van der Waals surface area contributed by atoms with E-state index in [0.29, 0.717) is 19.6 Å². The van der Waals surface area contributed by atoms with Crippen LogP contribution in [0.3, 0.4) is 0 Å². The highest BCUT2D eigenvalue weighted by molar-refractivity contribution is 7.86. The van der Waals surface area contributed by atoms with Crippen molar-refractivity contribution in [3.63, 3.8) is 0 Å². The SMILES string of the molecule is CN(Cc1ccc(-c2ccccc2)cc1)S(=O)(=O)N1CCCCC1. The molecule has 4 nitrogen and oxygen atoms in total. The quantitative estimate of drug-likeness (QED) is 0.833. The molecule has 2 aromatic carbocycles. The Morgan fingerprint density at radius 3 is 2.08 bits per heavy atom. The van der Waals surface area contributed by atoms with Crippen molar-refractivity contribution >= 4 is 10.2 Å². The van der Waals surface area contributed by atoms with Crippen LogP contribution >= 0.6 is 0 Å². The summed E-state index contributed by atoms with van der Waals surface area (Å²) in [7, 11) is -1.69. The maximum atomic E-state index is 12.6. The molecule has 0 unspecified atom stereocenters. The molecule has 0 N–H and O–H groups in total. The third kappa shape index (κ3) is 3.86.